The lowest BCUT2D eigenvalue weighted by Gasteiger charge is -2.13. The van der Waals surface area contributed by atoms with Crippen molar-refractivity contribution < 1.29 is 14.0 Å². The zero-order valence-corrected chi connectivity index (χ0v) is 16.3. The van der Waals surface area contributed by atoms with Crippen molar-refractivity contribution in [3.8, 4) is 11.5 Å². The zero-order valence-electron chi connectivity index (χ0n) is 16.3. The number of fused-ring (bicyclic) bond motifs is 1. The number of ether oxygens (including phenoxy) is 2. The van der Waals surface area contributed by atoms with Crippen LogP contribution in [-0.2, 0) is 12.0 Å². The topological polar surface area (TPSA) is 93.8 Å². The molecule has 3 rings (SSSR count). The quantitative estimate of drug-likeness (QED) is 0.628. The standard InChI is InChI=1S/C19H27N5O3/c1-5-20-18(21-12-16-23-17(27-24-16)19(2,3)4)22-13-7-8-14-15(11-13)26-10-6-9-25-14/h7-8,11H,5-6,9-10,12H2,1-4H3,(H2,20,21,22). The number of guanidine groups is 1. The molecular weight excluding hydrogens is 346 g/mol. The van der Waals surface area contributed by atoms with Crippen LogP contribution in [0.1, 0.15) is 45.8 Å². The number of anilines is 1. The Balaban J connectivity index is 1.71. The third-order valence-corrected chi connectivity index (χ3v) is 3.84. The summed E-state index contributed by atoms with van der Waals surface area (Å²) in [6.45, 7) is 10.5. The van der Waals surface area contributed by atoms with Gasteiger partial charge in [-0.25, -0.2) is 4.99 Å². The van der Waals surface area contributed by atoms with E-state index in [4.69, 9.17) is 14.0 Å². The lowest BCUT2D eigenvalue weighted by atomic mass is 9.97. The Kier molecular flexibility index (Phi) is 5.83. The number of hydrogen-bond donors (Lipinski definition) is 2. The van der Waals surface area contributed by atoms with Crippen molar-refractivity contribution in [3.63, 3.8) is 0 Å². The van der Waals surface area contributed by atoms with Gasteiger partial charge in [0.15, 0.2) is 23.3 Å². The van der Waals surface area contributed by atoms with E-state index in [1.807, 2.05) is 45.9 Å². The molecule has 1 aliphatic rings. The molecule has 2 aromatic rings. The molecule has 146 valence electrons. The van der Waals surface area contributed by atoms with Crippen LogP contribution < -0.4 is 20.1 Å². The van der Waals surface area contributed by atoms with Gasteiger partial charge >= 0.3 is 0 Å². The SMILES string of the molecule is CCNC(=NCc1noc(C(C)(C)C)n1)Nc1ccc2c(c1)OCCCO2. The molecule has 0 saturated heterocycles. The molecule has 0 bridgehead atoms. The number of nitrogens with one attached hydrogen (secondary N) is 2. The first-order chi connectivity index (χ1) is 13.0. The van der Waals surface area contributed by atoms with Crippen molar-refractivity contribution in [2.75, 3.05) is 25.1 Å². The molecule has 0 unspecified atom stereocenters. The largest absolute Gasteiger partial charge is 0.490 e. The van der Waals surface area contributed by atoms with Crippen LogP contribution in [0, 0.1) is 0 Å². The number of hydrogen-bond acceptors (Lipinski definition) is 6. The first-order valence-electron chi connectivity index (χ1n) is 9.24. The molecule has 2 N–H and O–H groups in total. The second-order valence-corrected chi connectivity index (χ2v) is 7.30. The first-order valence-corrected chi connectivity index (χ1v) is 9.24. The summed E-state index contributed by atoms with van der Waals surface area (Å²) in [5.41, 5.74) is 0.684. The monoisotopic (exact) mass is 373 g/mol. The Hall–Kier alpha value is -2.77. The van der Waals surface area contributed by atoms with Crippen LogP contribution in [-0.4, -0.2) is 35.9 Å². The van der Waals surface area contributed by atoms with E-state index in [1.165, 1.54) is 0 Å². The Morgan fingerprint density at radius 1 is 1.19 bits per heavy atom. The summed E-state index contributed by atoms with van der Waals surface area (Å²) in [7, 11) is 0. The van der Waals surface area contributed by atoms with Crippen molar-refractivity contribution in [3.05, 3.63) is 29.9 Å². The van der Waals surface area contributed by atoms with Crippen LogP contribution in [0.2, 0.25) is 0 Å². The third-order valence-electron chi connectivity index (χ3n) is 3.84. The number of aliphatic imine (C=N–C) groups is 1. The molecule has 27 heavy (non-hydrogen) atoms. The zero-order chi connectivity index (χ0) is 19.3. The van der Waals surface area contributed by atoms with Gasteiger partial charge in [-0.1, -0.05) is 25.9 Å². The van der Waals surface area contributed by atoms with E-state index in [0.717, 1.165) is 30.2 Å². The molecule has 2 heterocycles. The van der Waals surface area contributed by atoms with E-state index in [1.54, 1.807) is 0 Å². The van der Waals surface area contributed by atoms with Crippen molar-refractivity contribution in [1.82, 2.24) is 15.5 Å². The molecular formula is C19H27N5O3. The average molecular weight is 373 g/mol. The Morgan fingerprint density at radius 2 is 1.96 bits per heavy atom. The van der Waals surface area contributed by atoms with Crippen molar-refractivity contribution in [2.45, 2.75) is 46.1 Å². The van der Waals surface area contributed by atoms with Gasteiger partial charge in [0.2, 0.25) is 5.89 Å². The van der Waals surface area contributed by atoms with Gasteiger partial charge in [0.25, 0.3) is 0 Å². The van der Waals surface area contributed by atoms with E-state index < -0.39 is 0 Å². The van der Waals surface area contributed by atoms with E-state index in [-0.39, 0.29) is 5.41 Å². The van der Waals surface area contributed by atoms with E-state index in [2.05, 4.69) is 25.8 Å². The van der Waals surface area contributed by atoms with Gasteiger partial charge in [0.1, 0.15) is 6.54 Å². The predicted molar refractivity (Wildman–Crippen MR) is 103 cm³/mol. The van der Waals surface area contributed by atoms with Crippen molar-refractivity contribution >= 4 is 11.6 Å². The highest BCUT2D eigenvalue weighted by atomic mass is 16.5. The molecule has 0 amide bonds. The minimum absolute atomic E-state index is 0.179. The van der Waals surface area contributed by atoms with Crippen LogP contribution in [0.3, 0.4) is 0 Å². The van der Waals surface area contributed by atoms with E-state index in [9.17, 15) is 0 Å². The molecule has 1 aromatic carbocycles. The minimum atomic E-state index is -0.179. The van der Waals surface area contributed by atoms with Gasteiger partial charge in [-0.3, -0.25) is 0 Å². The second-order valence-electron chi connectivity index (χ2n) is 7.30. The number of rotatable bonds is 4. The highest BCUT2D eigenvalue weighted by molar-refractivity contribution is 5.93. The second kappa shape index (κ2) is 8.28. The predicted octanol–water partition coefficient (Wildman–Crippen LogP) is 3.11. The summed E-state index contributed by atoms with van der Waals surface area (Å²) >= 11 is 0. The Morgan fingerprint density at radius 3 is 2.67 bits per heavy atom. The van der Waals surface area contributed by atoms with Crippen molar-refractivity contribution in [2.24, 2.45) is 4.99 Å². The maximum absolute atomic E-state index is 5.74. The highest BCUT2D eigenvalue weighted by Crippen LogP contribution is 2.32. The average Bonchev–Trinajstić information content (AvgIpc) is 2.99. The highest BCUT2D eigenvalue weighted by Gasteiger charge is 2.21. The molecule has 1 aliphatic heterocycles. The summed E-state index contributed by atoms with van der Waals surface area (Å²) in [4.78, 5) is 8.95. The van der Waals surface area contributed by atoms with Crippen LogP contribution in [0.25, 0.3) is 0 Å². The first kappa shape index (κ1) is 19.0. The Labute approximate surface area is 159 Å². The Bertz CT molecular complexity index is 795. The fourth-order valence-electron chi connectivity index (χ4n) is 2.46. The minimum Gasteiger partial charge on any atom is -0.490 e. The van der Waals surface area contributed by atoms with Crippen LogP contribution >= 0.6 is 0 Å². The maximum atomic E-state index is 5.74. The summed E-state index contributed by atoms with van der Waals surface area (Å²) in [6.07, 6.45) is 0.878. The van der Waals surface area contributed by atoms with Crippen molar-refractivity contribution in [1.29, 1.82) is 0 Å². The molecule has 0 saturated carbocycles. The fourth-order valence-corrected chi connectivity index (χ4v) is 2.46. The van der Waals surface area contributed by atoms with Gasteiger partial charge in [0.05, 0.1) is 13.2 Å². The van der Waals surface area contributed by atoms with Crippen LogP contribution in [0.4, 0.5) is 5.69 Å². The number of aromatic nitrogens is 2. The molecule has 8 heteroatoms. The summed E-state index contributed by atoms with van der Waals surface area (Å²) in [6, 6.07) is 5.76. The van der Waals surface area contributed by atoms with Gasteiger partial charge in [-0.15, -0.1) is 0 Å². The third kappa shape index (κ3) is 5.12. The van der Waals surface area contributed by atoms with Gasteiger partial charge in [-0.05, 0) is 19.1 Å². The molecule has 1 aromatic heterocycles. The van der Waals surface area contributed by atoms with E-state index >= 15 is 0 Å². The molecule has 8 nitrogen and oxygen atoms in total. The lowest BCUT2D eigenvalue weighted by Crippen LogP contribution is -2.30. The van der Waals surface area contributed by atoms with Gasteiger partial charge < -0.3 is 24.6 Å². The van der Waals surface area contributed by atoms with Crippen LogP contribution in [0.5, 0.6) is 11.5 Å². The maximum Gasteiger partial charge on any atom is 0.232 e. The van der Waals surface area contributed by atoms with E-state index in [0.29, 0.717) is 37.4 Å². The molecule has 0 aliphatic carbocycles. The van der Waals surface area contributed by atoms with Gasteiger partial charge in [0, 0.05) is 30.1 Å². The summed E-state index contributed by atoms with van der Waals surface area (Å²) in [5.74, 6) is 3.29. The summed E-state index contributed by atoms with van der Waals surface area (Å²) < 4.78 is 16.7. The number of nitrogens with zero attached hydrogens (tertiary/aromatic N) is 3. The molecule has 0 spiro atoms. The normalized spacial score (nSPS) is 14.6. The molecule has 0 atom stereocenters. The smallest absolute Gasteiger partial charge is 0.232 e. The molecule has 0 radical (unpaired) electrons. The van der Waals surface area contributed by atoms with Crippen LogP contribution in [0.15, 0.2) is 27.7 Å². The van der Waals surface area contributed by atoms with Gasteiger partial charge in [-0.2, -0.15) is 4.98 Å². The lowest BCUT2D eigenvalue weighted by molar-refractivity contribution is 0.297. The molecule has 0 fully saturated rings. The number of benzene rings is 1. The fraction of sp³-hybridized carbons (Fsp3) is 0.526. The summed E-state index contributed by atoms with van der Waals surface area (Å²) in [5, 5.41) is 10.5.